The number of nitrogens with zero attached hydrogens (tertiary/aromatic N) is 1. The van der Waals surface area contributed by atoms with Crippen LogP contribution in [0.4, 0.5) is 0 Å². The molecule has 0 aromatic heterocycles. The van der Waals surface area contributed by atoms with Gasteiger partial charge in [0.1, 0.15) is 0 Å². The summed E-state index contributed by atoms with van der Waals surface area (Å²) >= 11 is 0. The lowest BCUT2D eigenvalue weighted by atomic mass is 9.78. The minimum absolute atomic E-state index is 0.0255. The molecule has 0 atom stereocenters. The van der Waals surface area contributed by atoms with Gasteiger partial charge in [-0.1, -0.05) is 6.08 Å². The number of likely N-dealkylation sites (tertiary alicyclic amines) is 1. The molecule has 0 aromatic rings. The second-order valence-electron chi connectivity index (χ2n) is 5.85. The van der Waals surface area contributed by atoms with E-state index in [9.17, 15) is 5.11 Å². The Kier molecular flexibility index (Phi) is 4.16. The highest BCUT2D eigenvalue weighted by molar-refractivity contribution is 4.99. The van der Waals surface area contributed by atoms with Crippen LogP contribution in [0.1, 0.15) is 40.5 Å². The van der Waals surface area contributed by atoms with Crippen LogP contribution in [0, 0.1) is 0 Å². The van der Waals surface area contributed by atoms with Gasteiger partial charge in [-0.2, -0.15) is 0 Å². The number of aliphatic hydroxyl groups excluding tert-OH is 1. The molecule has 0 unspecified atom stereocenters. The maximum Gasteiger partial charge on any atom is 0.0965 e. The summed E-state index contributed by atoms with van der Waals surface area (Å²) in [7, 11) is 0. The molecule has 0 aromatic carbocycles. The summed E-state index contributed by atoms with van der Waals surface area (Å²) < 4.78 is 5.77. The minimum Gasteiger partial charge on any atom is -0.381 e. The average molecular weight is 227 g/mol. The Morgan fingerprint density at radius 2 is 1.81 bits per heavy atom. The van der Waals surface area contributed by atoms with Crippen molar-refractivity contribution in [1.29, 1.82) is 0 Å². The lowest BCUT2D eigenvalue weighted by Gasteiger charge is -2.54. The normalized spacial score (nSPS) is 25.6. The fourth-order valence-corrected chi connectivity index (χ4v) is 2.93. The molecule has 3 heteroatoms. The highest BCUT2D eigenvalue weighted by Gasteiger charge is 2.45. The van der Waals surface area contributed by atoms with Crippen LogP contribution in [0.3, 0.4) is 0 Å². The van der Waals surface area contributed by atoms with Gasteiger partial charge in [-0.05, 0) is 40.5 Å². The third-order valence-corrected chi connectivity index (χ3v) is 3.51. The predicted octanol–water partition coefficient (Wildman–Crippen LogP) is 2.16. The van der Waals surface area contributed by atoms with Gasteiger partial charge < -0.3 is 9.84 Å². The van der Waals surface area contributed by atoms with Crippen molar-refractivity contribution in [3.8, 4) is 0 Å². The molecule has 0 bridgehead atoms. The maximum atomic E-state index is 9.49. The van der Waals surface area contributed by atoms with Gasteiger partial charge in [-0.25, -0.2) is 0 Å². The Morgan fingerprint density at radius 1 is 1.31 bits per heavy atom. The van der Waals surface area contributed by atoms with Crippen molar-refractivity contribution in [2.75, 3.05) is 13.3 Å². The zero-order valence-electron chi connectivity index (χ0n) is 11.0. The second kappa shape index (κ2) is 4.86. The maximum absolute atomic E-state index is 9.49. The van der Waals surface area contributed by atoms with Crippen molar-refractivity contribution in [2.24, 2.45) is 0 Å². The van der Waals surface area contributed by atoms with E-state index in [0.29, 0.717) is 6.61 Å². The van der Waals surface area contributed by atoms with Crippen LogP contribution in [-0.4, -0.2) is 40.5 Å². The molecule has 1 N–H and O–H groups in total. The van der Waals surface area contributed by atoms with Gasteiger partial charge in [0.05, 0.1) is 19.4 Å². The van der Waals surface area contributed by atoms with Gasteiger partial charge in [0, 0.05) is 11.1 Å². The summed E-state index contributed by atoms with van der Waals surface area (Å²) in [5.74, 6) is 0. The van der Waals surface area contributed by atoms with Gasteiger partial charge in [-0.15, -0.1) is 6.58 Å². The third-order valence-electron chi connectivity index (χ3n) is 3.51. The fraction of sp³-hybridized carbons (Fsp3) is 0.846. The van der Waals surface area contributed by atoms with Crippen molar-refractivity contribution in [3.05, 3.63) is 12.7 Å². The lowest BCUT2D eigenvalue weighted by molar-refractivity contribution is -0.129. The van der Waals surface area contributed by atoms with Gasteiger partial charge >= 0.3 is 0 Å². The average Bonchev–Trinajstić information content (AvgIpc) is 2.11. The number of rotatable bonds is 4. The molecule has 1 rings (SSSR count). The highest BCUT2D eigenvalue weighted by Crippen LogP contribution is 2.38. The Balaban J connectivity index is 2.76. The molecule has 1 aliphatic heterocycles. The molecule has 94 valence electrons. The summed E-state index contributed by atoms with van der Waals surface area (Å²) in [5, 5.41) is 9.49. The predicted molar refractivity (Wildman–Crippen MR) is 66.3 cm³/mol. The van der Waals surface area contributed by atoms with E-state index in [4.69, 9.17) is 4.74 Å². The van der Waals surface area contributed by atoms with Gasteiger partial charge in [-0.3, -0.25) is 4.90 Å². The smallest absolute Gasteiger partial charge is 0.0965 e. The number of hydrogen-bond acceptors (Lipinski definition) is 3. The van der Waals surface area contributed by atoms with E-state index in [2.05, 4.69) is 39.2 Å². The largest absolute Gasteiger partial charge is 0.381 e. The first kappa shape index (κ1) is 13.7. The van der Waals surface area contributed by atoms with Crippen LogP contribution >= 0.6 is 0 Å². The number of piperidine rings is 1. The summed E-state index contributed by atoms with van der Waals surface area (Å²) in [6.45, 7) is 13.0. The highest BCUT2D eigenvalue weighted by atomic mass is 16.5. The molecule has 0 saturated carbocycles. The molecule has 1 heterocycles. The molecular weight excluding hydrogens is 202 g/mol. The fourth-order valence-electron chi connectivity index (χ4n) is 2.93. The van der Waals surface area contributed by atoms with Crippen LogP contribution < -0.4 is 0 Å². The van der Waals surface area contributed by atoms with E-state index in [1.54, 1.807) is 6.08 Å². The molecule has 1 aliphatic rings. The number of ether oxygens (including phenoxy) is 1. The summed E-state index contributed by atoms with van der Waals surface area (Å²) in [6, 6.07) is 0. The van der Waals surface area contributed by atoms with E-state index in [-0.39, 0.29) is 23.9 Å². The first-order valence-corrected chi connectivity index (χ1v) is 5.94. The third kappa shape index (κ3) is 2.84. The van der Waals surface area contributed by atoms with Crippen molar-refractivity contribution < 1.29 is 9.84 Å². The molecule has 1 saturated heterocycles. The number of aliphatic hydroxyl groups is 1. The van der Waals surface area contributed by atoms with Crippen molar-refractivity contribution in [3.63, 3.8) is 0 Å². The Hall–Kier alpha value is -0.380. The molecule has 0 spiro atoms. The Morgan fingerprint density at radius 3 is 2.19 bits per heavy atom. The van der Waals surface area contributed by atoms with Crippen molar-refractivity contribution in [1.82, 2.24) is 4.90 Å². The molecule has 1 fully saturated rings. The zero-order chi connectivity index (χ0) is 12.4. The van der Waals surface area contributed by atoms with Crippen LogP contribution in [0.15, 0.2) is 12.7 Å². The standard InChI is InChI=1S/C13H25NO2/c1-6-7-16-11-8-12(2,3)14(10-15)13(4,5)9-11/h6,11,15H,1,7-10H2,2-5H3. The summed E-state index contributed by atoms with van der Waals surface area (Å²) in [5.41, 5.74) is -0.0509. The minimum atomic E-state index is -0.0255. The van der Waals surface area contributed by atoms with E-state index < -0.39 is 0 Å². The lowest BCUT2D eigenvalue weighted by Crippen LogP contribution is -2.62. The van der Waals surface area contributed by atoms with E-state index in [1.807, 2.05) is 0 Å². The van der Waals surface area contributed by atoms with Crippen LogP contribution in [0.2, 0.25) is 0 Å². The van der Waals surface area contributed by atoms with Crippen molar-refractivity contribution in [2.45, 2.75) is 57.7 Å². The van der Waals surface area contributed by atoms with Crippen LogP contribution in [-0.2, 0) is 4.74 Å². The van der Waals surface area contributed by atoms with Gasteiger partial charge in [0.25, 0.3) is 0 Å². The zero-order valence-corrected chi connectivity index (χ0v) is 11.0. The van der Waals surface area contributed by atoms with Crippen LogP contribution in [0.5, 0.6) is 0 Å². The van der Waals surface area contributed by atoms with E-state index in [0.717, 1.165) is 12.8 Å². The summed E-state index contributed by atoms with van der Waals surface area (Å²) in [6.07, 6.45) is 3.94. The summed E-state index contributed by atoms with van der Waals surface area (Å²) in [4.78, 5) is 2.15. The number of hydrogen-bond donors (Lipinski definition) is 1. The topological polar surface area (TPSA) is 32.7 Å². The first-order chi connectivity index (χ1) is 7.33. The van der Waals surface area contributed by atoms with Gasteiger partial charge in [0.15, 0.2) is 0 Å². The SMILES string of the molecule is C=CCOC1CC(C)(C)N(CO)C(C)(C)C1. The molecular formula is C13H25NO2. The molecule has 16 heavy (non-hydrogen) atoms. The molecule has 0 aliphatic carbocycles. The molecule has 0 amide bonds. The van der Waals surface area contributed by atoms with Crippen molar-refractivity contribution >= 4 is 0 Å². The quantitative estimate of drug-likeness (QED) is 0.747. The van der Waals surface area contributed by atoms with Gasteiger partial charge in [0.2, 0.25) is 0 Å². The molecule has 0 radical (unpaired) electrons. The Bertz CT molecular complexity index is 230. The first-order valence-electron chi connectivity index (χ1n) is 5.94. The monoisotopic (exact) mass is 227 g/mol. The Labute approximate surface area is 99.1 Å². The second-order valence-corrected chi connectivity index (χ2v) is 5.85. The van der Waals surface area contributed by atoms with E-state index >= 15 is 0 Å². The molecule has 3 nitrogen and oxygen atoms in total. The van der Waals surface area contributed by atoms with E-state index in [1.165, 1.54) is 0 Å². The van der Waals surface area contributed by atoms with Crippen LogP contribution in [0.25, 0.3) is 0 Å².